The van der Waals surface area contributed by atoms with Gasteiger partial charge in [-0.15, -0.1) is 0 Å². The highest BCUT2D eigenvalue weighted by Crippen LogP contribution is 2.00. The van der Waals surface area contributed by atoms with E-state index < -0.39 is 0 Å². The average molecular weight is 158 g/mol. The van der Waals surface area contributed by atoms with E-state index in [1.54, 1.807) is 6.08 Å². The third-order valence-corrected chi connectivity index (χ3v) is 1.26. The van der Waals surface area contributed by atoms with Crippen LogP contribution >= 0.6 is 12.2 Å². The van der Waals surface area contributed by atoms with Gasteiger partial charge in [0.1, 0.15) is 0 Å². The molecule has 10 heavy (non-hydrogen) atoms. The Morgan fingerprint density at radius 3 is 2.50 bits per heavy atom. The summed E-state index contributed by atoms with van der Waals surface area (Å²) in [5, 5.41) is 0. The Bertz CT molecular complexity index is 141. The lowest BCUT2D eigenvalue weighted by Crippen LogP contribution is -2.08. The zero-order valence-electron chi connectivity index (χ0n) is 6.26. The summed E-state index contributed by atoms with van der Waals surface area (Å²) < 4.78 is 0. The number of hydrogen-bond donors (Lipinski definition) is 2. The Hall–Kier alpha value is -0.570. The van der Waals surface area contributed by atoms with Crippen molar-refractivity contribution in [1.29, 1.82) is 0 Å². The molecule has 58 valence electrons. The molecule has 0 aromatic heterocycles. The first-order chi connectivity index (χ1) is 4.66. The van der Waals surface area contributed by atoms with Gasteiger partial charge in [0, 0.05) is 5.70 Å². The van der Waals surface area contributed by atoms with E-state index in [9.17, 15) is 0 Å². The van der Waals surface area contributed by atoms with Gasteiger partial charge in [0.15, 0.2) is 0 Å². The van der Waals surface area contributed by atoms with E-state index in [4.69, 9.17) is 11.5 Å². The third-order valence-electron chi connectivity index (χ3n) is 1.15. The molecule has 0 rings (SSSR count). The molecule has 0 saturated heterocycles. The van der Waals surface area contributed by atoms with Gasteiger partial charge in [-0.1, -0.05) is 25.6 Å². The fraction of sp³-hybridized carbons (Fsp3) is 0.571. The van der Waals surface area contributed by atoms with Gasteiger partial charge in [0.05, 0.1) is 4.99 Å². The molecule has 0 unspecified atom stereocenters. The van der Waals surface area contributed by atoms with Crippen molar-refractivity contribution in [2.75, 3.05) is 0 Å². The van der Waals surface area contributed by atoms with Crippen LogP contribution in [0.1, 0.15) is 26.2 Å². The summed E-state index contributed by atoms with van der Waals surface area (Å²) in [6, 6.07) is 0. The molecule has 3 heteroatoms. The normalized spacial score (nSPS) is 11.5. The predicted molar refractivity (Wildman–Crippen MR) is 48.6 cm³/mol. The van der Waals surface area contributed by atoms with Crippen molar-refractivity contribution in [3.8, 4) is 0 Å². The van der Waals surface area contributed by atoms with Crippen LogP contribution in [0.3, 0.4) is 0 Å². The van der Waals surface area contributed by atoms with Gasteiger partial charge in [-0.3, -0.25) is 0 Å². The Morgan fingerprint density at radius 1 is 1.50 bits per heavy atom. The molecule has 0 bridgehead atoms. The van der Waals surface area contributed by atoms with Gasteiger partial charge in [-0.25, -0.2) is 0 Å². The second-order valence-electron chi connectivity index (χ2n) is 2.23. The molecule has 0 atom stereocenters. The second-order valence-corrected chi connectivity index (χ2v) is 2.70. The average Bonchev–Trinajstić information content (AvgIpc) is 1.82. The van der Waals surface area contributed by atoms with Gasteiger partial charge >= 0.3 is 0 Å². The van der Waals surface area contributed by atoms with Gasteiger partial charge in [-0.2, -0.15) is 0 Å². The number of hydrogen-bond acceptors (Lipinski definition) is 2. The summed E-state index contributed by atoms with van der Waals surface area (Å²) in [5.41, 5.74) is 11.6. The fourth-order valence-electron chi connectivity index (χ4n) is 0.636. The number of thiocarbonyl (C=S) groups is 1. The minimum absolute atomic E-state index is 0.369. The fourth-order valence-corrected chi connectivity index (χ4v) is 0.787. The van der Waals surface area contributed by atoms with E-state index in [0.717, 1.165) is 25.0 Å². The van der Waals surface area contributed by atoms with E-state index in [1.165, 1.54) is 0 Å². The summed E-state index contributed by atoms with van der Waals surface area (Å²) in [7, 11) is 0. The van der Waals surface area contributed by atoms with E-state index in [0.29, 0.717) is 4.99 Å². The van der Waals surface area contributed by atoms with E-state index in [1.807, 2.05) is 0 Å². The molecule has 0 saturated carbocycles. The molecule has 0 radical (unpaired) electrons. The van der Waals surface area contributed by atoms with Crippen LogP contribution in [0.25, 0.3) is 0 Å². The minimum Gasteiger partial charge on any atom is -0.402 e. The van der Waals surface area contributed by atoms with Crippen molar-refractivity contribution in [2.45, 2.75) is 26.2 Å². The van der Waals surface area contributed by atoms with Gasteiger partial charge < -0.3 is 11.5 Å². The predicted octanol–water partition coefficient (Wildman–Crippen LogP) is 1.31. The Kier molecular flexibility index (Phi) is 4.94. The second kappa shape index (κ2) is 5.23. The van der Waals surface area contributed by atoms with Crippen molar-refractivity contribution < 1.29 is 0 Å². The van der Waals surface area contributed by atoms with Gasteiger partial charge in [0.2, 0.25) is 0 Å². The molecule has 2 nitrogen and oxygen atoms in total. The van der Waals surface area contributed by atoms with Crippen LogP contribution in [0.2, 0.25) is 0 Å². The number of rotatable bonds is 4. The standard InChI is InChI=1S/C7H14N2S/c1-2-3-4-6(8)5-7(9)10/h5H,2-4,8H2,1H3,(H2,9,10). The topological polar surface area (TPSA) is 52.0 Å². The molecular weight excluding hydrogens is 144 g/mol. The van der Waals surface area contributed by atoms with E-state index in [-0.39, 0.29) is 0 Å². The summed E-state index contributed by atoms with van der Waals surface area (Å²) in [5.74, 6) is 0. The van der Waals surface area contributed by atoms with Gasteiger partial charge in [-0.05, 0) is 18.9 Å². The summed E-state index contributed by atoms with van der Waals surface area (Å²) in [6.07, 6.45) is 4.79. The molecule has 0 fully saturated rings. The van der Waals surface area contributed by atoms with Crippen LogP contribution in [0.15, 0.2) is 11.8 Å². The molecule has 0 aromatic rings. The van der Waals surface area contributed by atoms with E-state index >= 15 is 0 Å². The summed E-state index contributed by atoms with van der Waals surface area (Å²) in [6.45, 7) is 2.12. The van der Waals surface area contributed by atoms with E-state index in [2.05, 4.69) is 19.1 Å². The van der Waals surface area contributed by atoms with Crippen LogP contribution in [0.5, 0.6) is 0 Å². The maximum Gasteiger partial charge on any atom is 0.0979 e. The SMILES string of the molecule is CCCCC(N)=CC(N)=S. The highest BCUT2D eigenvalue weighted by atomic mass is 32.1. The van der Waals surface area contributed by atoms with Crippen LogP contribution < -0.4 is 11.5 Å². The summed E-state index contributed by atoms with van der Waals surface area (Å²) in [4.78, 5) is 0.369. The molecule has 0 aliphatic heterocycles. The number of allylic oxidation sites excluding steroid dienone is 1. The highest BCUT2D eigenvalue weighted by molar-refractivity contribution is 7.80. The number of unbranched alkanes of at least 4 members (excludes halogenated alkanes) is 1. The highest BCUT2D eigenvalue weighted by Gasteiger charge is 1.89. The lowest BCUT2D eigenvalue weighted by molar-refractivity contribution is 0.782. The van der Waals surface area contributed by atoms with Gasteiger partial charge in [0.25, 0.3) is 0 Å². The van der Waals surface area contributed by atoms with Crippen molar-refractivity contribution in [3.63, 3.8) is 0 Å². The molecule has 0 aromatic carbocycles. The smallest absolute Gasteiger partial charge is 0.0979 e. The molecule has 0 aliphatic carbocycles. The maximum absolute atomic E-state index is 5.55. The Morgan fingerprint density at radius 2 is 2.10 bits per heavy atom. The molecule has 0 heterocycles. The van der Waals surface area contributed by atoms with Crippen LogP contribution in [0.4, 0.5) is 0 Å². The quantitative estimate of drug-likeness (QED) is 0.479. The molecule has 0 aliphatic rings. The molecule has 0 amide bonds. The first-order valence-corrected chi connectivity index (χ1v) is 3.83. The van der Waals surface area contributed by atoms with Crippen LogP contribution in [0, 0.1) is 0 Å². The monoisotopic (exact) mass is 158 g/mol. The largest absolute Gasteiger partial charge is 0.402 e. The molecule has 4 N–H and O–H groups in total. The van der Waals surface area contributed by atoms with Crippen molar-refractivity contribution >= 4 is 17.2 Å². The van der Waals surface area contributed by atoms with Crippen LogP contribution in [-0.4, -0.2) is 4.99 Å². The molecular formula is C7H14N2S. The first-order valence-electron chi connectivity index (χ1n) is 3.42. The molecule has 0 spiro atoms. The van der Waals surface area contributed by atoms with Crippen molar-refractivity contribution in [3.05, 3.63) is 11.8 Å². The maximum atomic E-state index is 5.55. The minimum atomic E-state index is 0.369. The van der Waals surface area contributed by atoms with Crippen molar-refractivity contribution in [1.82, 2.24) is 0 Å². The first kappa shape index (κ1) is 9.43. The lowest BCUT2D eigenvalue weighted by Gasteiger charge is -1.97. The Balaban J connectivity index is 3.60. The van der Waals surface area contributed by atoms with Crippen molar-refractivity contribution in [2.24, 2.45) is 11.5 Å². The zero-order valence-corrected chi connectivity index (χ0v) is 7.08. The zero-order chi connectivity index (χ0) is 7.98. The Labute approximate surface area is 67.3 Å². The third kappa shape index (κ3) is 5.56. The lowest BCUT2D eigenvalue weighted by atomic mass is 10.2. The van der Waals surface area contributed by atoms with Crippen LogP contribution in [-0.2, 0) is 0 Å². The summed E-state index contributed by atoms with van der Waals surface area (Å²) >= 11 is 4.64. The number of nitrogens with two attached hydrogens (primary N) is 2.